The molecule has 0 unspecified atom stereocenters. The standard InChI is InChI=1S/2C14H14N.2CH4O.Ir/c2*1-11(2)13-8-9-14(15-10-13)12-6-4-3-5-7-12;2*1-2;/h2*3-6,8-11H,1-2H3;2*2H,1H3;/q2*-1;;;+3. The maximum Gasteiger partial charge on any atom is 3.00 e. The molecule has 4 nitrogen and oxygen atoms in total. The van der Waals surface area contributed by atoms with Crippen molar-refractivity contribution in [2.24, 2.45) is 0 Å². The number of rotatable bonds is 4. The molecule has 2 aromatic carbocycles. The number of benzene rings is 2. The summed E-state index contributed by atoms with van der Waals surface area (Å²) in [7, 11) is 2.00. The van der Waals surface area contributed by atoms with Crippen LogP contribution in [0.2, 0.25) is 0 Å². The van der Waals surface area contributed by atoms with Crippen LogP contribution in [0.1, 0.15) is 50.7 Å². The summed E-state index contributed by atoms with van der Waals surface area (Å²) in [6, 6.07) is 30.5. The molecule has 0 saturated carbocycles. The summed E-state index contributed by atoms with van der Waals surface area (Å²) in [5.41, 5.74) is 6.62. The number of aromatic nitrogens is 2. The summed E-state index contributed by atoms with van der Waals surface area (Å²) in [4.78, 5) is 8.88. The van der Waals surface area contributed by atoms with E-state index in [1.54, 1.807) is 0 Å². The van der Waals surface area contributed by atoms with Gasteiger partial charge in [-0.3, -0.25) is 0 Å². The molecule has 35 heavy (non-hydrogen) atoms. The van der Waals surface area contributed by atoms with Crippen LogP contribution in [0.4, 0.5) is 0 Å². The van der Waals surface area contributed by atoms with Crippen LogP contribution in [-0.2, 0) is 20.1 Å². The molecule has 5 heteroatoms. The maximum absolute atomic E-state index is 7.00. The van der Waals surface area contributed by atoms with Gasteiger partial charge in [0.25, 0.3) is 0 Å². The number of hydrogen-bond donors (Lipinski definition) is 2. The average molecular weight is 649 g/mol. The quantitative estimate of drug-likeness (QED) is 0.246. The molecule has 2 N–H and O–H groups in total. The second-order valence-electron chi connectivity index (χ2n) is 7.82. The van der Waals surface area contributed by atoms with E-state index in [0.29, 0.717) is 11.8 Å². The zero-order chi connectivity index (χ0) is 25.3. The number of pyridine rings is 2. The van der Waals surface area contributed by atoms with E-state index in [0.717, 1.165) is 36.7 Å². The van der Waals surface area contributed by atoms with Crippen molar-refractivity contribution in [1.29, 1.82) is 0 Å². The van der Waals surface area contributed by atoms with Crippen LogP contribution in [-0.4, -0.2) is 34.4 Å². The molecule has 0 amide bonds. The third-order valence-corrected chi connectivity index (χ3v) is 4.88. The molecule has 0 aliphatic carbocycles. The van der Waals surface area contributed by atoms with E-state index < -0.39 is 0 Å². The minimum Gasteiger partial charge on any atom is -0.400 e. The Hall–Kier alpha value is -2.69. The first kappa shape index (κ1) is 32.3. The van der Waals surface area contributed by atoms with Crippen molar-refractivity contribution >= 4 is 0 Å². The fraction of sp³-hybridized carbons (Fsp3) is 0.267. The summed E-state index contributed by atoms with van der Waals surface area (Å²) >= 11 is 0. The van der Waals surface area contributed by atoms with E-state index >= 15 is 0 Å². The Kier molecular flexibility index (Phi) is 17.2. The zero-order valence-corrected chi connectivity index (χ0v) is 23.8. The van der Waals surface area contributed by atoms with Gasteiger partial charge in [0, 0.05) is 26.6 Å². The SMILES string of the molecule is CC(C)c1ccc(-c2[c-]cccc2)nc1.CC(C)c1ccc(-c2[c-]cccc2)nc1.CO.CO.[Ir+3]. The van der Waals surface area contributed by atoms with Gasteiger partial charge in [0.1, 0.15) is 0 Å². The second-order valence-corrected chi connectivity index (χ2v) is 7.82. The fourth-order valence-corrected chi connectivity index (χ4v) is 2.92. The fourth-order valence-electron chi connectivity index (χ4n) is 2.92. The van der Waals surface area contributed by atoms with Gasteiger partial charge in [-0.2, -0.15) is 0 Å². The molecular formula is C30H36IrN2O2+. The van der Waals surface area contributed by atoms with Gasteiger partial charge in [-0.15, -0.1) is 71.8 Å². The summed E-state index contributed by atoms with van der Waals surface area (Å²) < 4.78 is 0. The average Bonchev–Trinajstić information content (AvgIpc) is 2.92. The molecule has 4 aromatic rings. The monoisotopic (exact) mass is 649 g/mol. The van der Waals surface area contributed by atoms with Gasteiger partial charge in [-0.25, -0.2) is 0 Å². The number of aliphatic hydroxyl groups is 2. The summed E-state index contributed by atoms with van der Waals surface area (Å²) in [5, 5.41) is 14.0. The smallest absolute Gasteiger partial charge is 0.400 e. The minimum absolute atomic E-state index is 0. The van der Waals surface area contributed by atoms with E-state index in [4.69, 9.17) is 10.2 Å². The van der Waals surface area contributed by atoms with Crippen LogP contribution in [0, 0.1) is 12.1 Å². The van der Waals surface area contributed by atoms with Crippen LogP contribution < -0.4 is 0 Å². The number of nitrogens with zero attached hydrogens (tertiary/aromatic N) is 2. The molecule has 186 valence electrons. The van der Waals surface area contributed by atoms with E-state index in [2.05, 4.69) is 74.1 Å². The van der Waals surface area contributed by atoms with Crippen LogP contribution in [0.25, 0.3) is 22.5 Å². The molecule has 0 spiro atoms. The van der Waals surface area contributed by atoms with Crippen LogP contribution in [0.3, 0.4) is 0 Å². The van der Waals surface area contributed by atoms with Crippen molar-refractivity contribution in [3.8, 4) is 22.5 Å². The summed E-state index contributed by atoms with van der Waals surface area (Å²) in [6.45, 7) is 8.69. The molecule has 0 atom stereocenters. The number of hydrogen-bond acceptors (Lipinski definition) is 4. The Labute approximate surface area is 224 Å². The van der Waals surface area contributed by atoms with E-state index in [1.807, 2.05) is 60.9 Å². The Morgan fingerprint density at radius 1 is 0.571 bits per heavy atom. The summed E-state index contributed by atoms with van der Waals surface area (Å²) in [6.07, 6.45) is 3.89. The van der Waals surface area contributed by atoms with Gasteiger partial charge in [0.15, 0.2) is 0 Å². The Balaban J connectivity index is 0.000000565. The molecule has 2 aromatic heterocycles. The first-order valence-electron chi connectivity index (χ1n) is 11.3. The van der Waals surface area contributed by atoms with Crippen molar-refractivity contribution < 1.29 is 30.3 Å². The molecule has 4 rings (SSSR count). The van der Waals surface area contributed by atoms with Crippen LogP contribution in [0.15, 0.2) is 85.2 Å². The zero-order valence-electron chi connectivity index (χ0n) is 21.4. The first-order chi connectivity index (χ1) is 16.5. The first-order valence-corrected chi connectivity index (χ1v) is 11.3. The van der Waals surface area contributed by atoms with Gasteiger partial charge >= 0.3 is 20.1 Å². The third kappa shape index (κ3) is 11.1. The van der Waals surface area contributed by atoms with Crippen LogP contribution >= 0.6 is 0 Å². The van der Waals surface area contributed by atoms with E-state index in [-0.39, 0.29) is 20.1 Å². The van der Waals surface area contributed by atoms with Crippen LogP contribution in [0.5, 0.6) is 0 Å². The van der Waals surface area contributed by atoms with Crippen molar-refractivity contribution in [2.75, 3.05) is 14.2 Å². The summed E-state index contributed by atoms with van der Waals surface area (Å²) in [5.74, 6) is 1.07. The van der Waals surface area contributed by atoms with E-state index in [1.165, 1.54) is 11.1 Å². The van der Waals surface area contributed by atoms with Gasteiger partial charge < -0.3 is 20.2 Å². The Morgan fingerprint density at radius 2 is 0.943 bits per heavy atom. The van der Waals surface area contributed by atoms with Gasteiger partial charge in [0.2, 0.25) is 0 Å². The van der Waals surface area contributed by atoms with Gasteiger partial charge in [-0.05, 0) is 34.4 Å². The predicted molar refractivity (Wildman–Crippen MR) is 141 cm³/mol. The van der Waals surface area contributed by atoms with Crippen molar-refractivity contribution in [3.63, 3.8) is 0 Å². The molecule has 0 radical (unpaired) electrons. The molecule has 2 heterocycles. The van der Waals surface area contributed by atoms with Crippen molar-refractivity contribution in [3.05, 3.63) is 108 Å². The topological polar surface area (TPSA) is 66.2 Å². The van der Waals surface area contributed by atoms with E-state index in [9.17, 15) is 0 Å². The van der Waals surface area contributed by atoms with Gasteiger partial charge in [-0.1, -0.05) is 52.0 Å². The van der Waals surface area contributed by atoms with Gasteiger partial charge in [0.05, 0.1) is 0 Å². The van der Waals surface area contributed by atoms with Crippen molar-refractivity contribution in [1.82, 2.24) is 9.97 Å². The predicted octanol–water partition coefficient (Wildman–Crippen LogP) is 6.56. The Morgan fingerprint density at radius 3 is 1.17 bits per heavy atom. The molecule has 0 aliphatic heterocycles. The molecule has 0 aliphatic rings. The van der Waals surface area contributed by atoms with Crippen molar-refractivity contribution in [2.45, 2.75) is 39.5 Å². The second kappa shape index (κ2) is 18.6. The molecule has 0 bridgehead atoms. The normalized spacial score (nSPS) is 9.43. The minimum atomic E-state index is 0. The third-order valence-electron chi connectivity index (χ3n) is 4.88. The largest absolute Gasteiger partial charge is 3.00 e. The molecule has 0 fully saturated rings. The molecule has 0 saturated heterocycles. The Bertz CT molecular complexity index is 934. The molecular weight excluding hydrogens is 613 g/mol. The maximum atomic E-state index is 7.00. The number of aliphatic hydroxyl groups excluding tert-OH is 2.